The van der Waals surface area contributed by atoms with Gasteiger partial charge in [-0.1, -0.05) is 20.8 Å². The predicted molar refractivity (Wildman–Crippen MR) is 83.2 cm³/mol. The molecule has 3 N–H and O–H groups in total. The Balaban J connectivity index is 1.79. The second kappa shape index (κ2) is 6.83. The molecule has 0 aromatic heterocycles. The summed E-state index contributed by atoms with van der Waals surface area (Å²) in [6.07, 6.45) is -0.903. The molecule has 0 bridgehead atoms. The number of likely N-dealkylation sites (tertiary alicyclic amines) is 2. The fourth-order valence-electron chi connectivity index (χ4n) is 3.38. The average Bonchev–Trinajstić information content (AvgIpc) is 2.44. The number of rotatable bonds is 2. The van der Waals surface area contributed by atoms with Gasteiger partial charge in [0.1, 0.15) is 6.10 Å². The van der Waals surface area contributed by atoms with Gasteiger partial charge in [0.15, 0.2) is 0 Å². The Morgan fingerprint density at radius 3 is 2.00 bits per heavy atom. The van der Waals surface area contributed by atoms with E-state index in [9.17, 15) is 20.1 Å². The van der Waals surface area contributed by atoms with Crippen LogP contribution in [-0.2, 0) is 4.79 Å². The van der Waals surface area contributed by atoms with Crippen molar-refractivity contribution in [3.05, 3.63) is 0 Å². The Bertz CT molecular complexity index is 376. The first-order valence-electron chi connectivity index (χ1n) is 8.24. The van der Waals surface area contributed by atoms with E-state index >= 15 is 0 Å². The quantitative estimate of drug-likeness (QED) is 0.650. The molecule has 2 saturated heterocycles. The summed E-state index contributed by atoms with van der Waals surface area (Å²) in [6, 6.07) is 0. The highest BCUT2D eigenvalue weighted by molar-refractivity contribution is 5.81. The molecular weight excluding hydrogens is 284 g/mol. The highest BCUT2D eigenvalue weighted by Crippen LogP contribution is 2.25. The minimum Gasteiger partial charge on any atom is -0.389 e. The lowest BCUT2D eigenvalue weighted by molar-refractivity contribution is -0.141. The summed E-state index contributed by atoms with van der Waals surface area (Å²) in [6.45, 7) is 9.01. The van der Waals surface area contributed by atoms with Crippen LogP contribution in [-0.4, -0.2) is 82.1 Å². The molecule has 0 aromatic carbocycles. The molecule has 6 nitrogen and oxygen atoms in total. The van der Waals surface area contributed by atoms with Gasteiger partial charge in [0, 0.05) is 38.1 Å². The first-order valence-corrected chi connectivity index (χ1v) is 8.24. The standard InChI is InChI=1S/C16H30N2O4/c1-16(2,3)15(22)18-6-4-11(5-7-18)8-17-9-12(19)14(21)13(20)10-17/h11-14,19-21H,4-10H2,1-3H3. The average molecular weight is 314 g/mol. The van der Waals surface area contributed by atoms with Crippen molar-refractivity contribution in [2.45, 2.75) is 51.9 Å². The molecule has 2 atom stereocenters. The van der Waals surface area contributed by atoms with Gasteiger partial charge in [-0.15, -0.1) is 0 Å². The first-order chi connectivity index (χ1) is 10.2. The molecule has 0 radical (unpaired) electrons. The fraction of sp³-hybridized carbons (Fsp3) is 0.938. The highest BCUT2D eigenvalue weighted by atomic mass is 16.4. The highest BCUT2D eigenvalue weighted by Gasteiger charge is 2.35. The molecule has 22 heavy (non-hydrogen) atoms. The van der Waals surface area contributed by atoms with Gasteiger partial charge in [-0.25, -0.2) is 0 Å². The van der Waals surface area contributed by atoms with Gasteiger partial charge in [0.05, 0.1) is 12.2 Å². The van der Waals surface area contributed by atoms with E-state index in [4.69, 9.17) is 0 Å². The Hall–Kier alpha value is -0.690. The normalized spacial score (nSPS) is 32.3. The van der Waals surface area contributed by atoms with Crippen LogP contribution in [0, 0.1) is 11.3 Å². The van der Waals surface area contributed by atoms with Gasteiger partial charge in [0.25, 0.3) is 0 Å². The number of amides is 1. The van der Waals surface area contributed by atoms with Crippen LogP contribution in [0.1, 0.15) is 33.6 Å². The van der Waals surface area contributed by atoms with Crippen LogP contribution in [0.5, 0.6) is 0 Å². The summed E-state index contributed by atoms with van der Waals surface area (Å²) in [4.78, 5) is 16.2. The van der Waals surface area contributed by atoms with Crippen molar-refractivity contribution in [3.8, 4) is 0 Å². The lowest BCUT2D eigenvalue weighted by Crippen LogP contribution is -2.56. The van der Waals surface area contributed by atoms with Crippen molar-refractivity contribution in [3.63, 3.8) is 0 Å². The van der Waals surface area contributed by atoms with E-state index in [1.165, 1.54) is 0 Å². The summed E-state index contributed by atoms with van der Waals surface area (Å²) in [5, 5.41) is 29.1. The maximum atomic E-state index is 12.3. The molecule has 0 aromatic rings. The maximum absolute atomic E-state index is 12.3. The third kappa shape index (κ3) is 4.19. The molecule has 128 valence electrons. The van der Waals surface area contributed by atoms with Crippen molar-refractivity contribution in [2.75, 3.05) is 32.7 Å². The van der Waals surface area contributed by atoms with Gasteiger partial charge >= 0.3 is 0 Å². The number of carbonyl (C=O) groups is 1. The second-order valence-electron chi connectivity index (χ2n) is 7.83. The summed E-state index contributed by atoms with van der Waals surface area (Å²) < 4.78 is 0. The third-order valence-electron chi connectivity index (χ3n) is 4.74. The molecule has 0 aliphatic carbocycles. The smallest absolute Gasteiger partial charge is 0.227 e. The van der Waals surface area contributed by atoms with E-state index in [0.29, 0.717) is 19.0 Å². The number of piperidine rings is 2. The number of β-amino-alcohol motifs (C(OH)–C–C–N with tert-alkyl or cyclic N) is 2. The Morgan fingerprint density at radius 2 is 1.55 bits per heavy atom. The molecule has 2 rings (SSSR count). The zero-order valence-corrected chi connectivity index (χ0v) is 13.9. The molecule has 2 aliphatic heterocycles. The van der Waals surface area contributed by atoms with E-state index in [2.05, 4.69) is 0 Å². The van der Waals surface area contributed by atoms with Crippen LogP contribution in [0.15, 0.2) is 0 Å². The van der Waals surface area contributed by atoms with Gasteiger partial charge in [-0.05, 0) is 18.8 Å². The van der Waals surface area contributed by atoms with Gasteiger partial charge in [-0.2, -0.15) is 0 Å². The number of aliphatic hydroxyl groups excluding tert-OH is 3. The van der Waals surface area contributed by atoms with Crippen molar-refractivity contribution in [2.24, 2.45) is 11.3 Å². The zero-order valence-electron chi connectivity index (χ0n) is 13.9. The number of hydrogen-bond acceptors (Lipinski definition) is 5. The summed E-state index contributed by atoms with van der Waals surface area (Å²) >= 11 is 0. The Kier molecular flexibility index (Phi) is 5.48. The summed E-state index contributed by atoms with van der Waals surface area (Å²) in [5.41, 5.74) is -0.329. The van der Waals surface area contributed by atoms with E-state index < -0.39 is 18.3 Å². The van der Waals surface area contributed by atoms with Crippen LogP contribution in [0.4, 0.5) is 0 Å². The number of hydrogen-bond donors (Lipinski definition) is 3. The first kappa shape index (κ1) is 17.7. The van der Waals surface area contributed by atoms with E-state index in [-0.39, 0.29) is 11.3 Å². The van der Waals surface area contributed by atoms with Crippen molar-refractivity contribution in [1.82, 2.24) is 9.80 Å². The molecule has 6 heteroatoms. The van der Waals surface area contributed by atoms with E-state index in [0.717, 1.165) is 32.5 Å². The minimum absolute atomic E-state index is 0.206. The molecule has 2 heterocycles. The lowest BCUT2D eigenvalue weighted by Gasteiger charge is -2.41. The van der Waals surface area contributed by atoms with Crippen molar-refractivity contribution >= 4 is 5.91 Å². The molecule has 2 fully saturated rings. The van der Waals surface area contributed by atoms with E-state index in [1.54, 1.807) is 0 Å². The zero-order chi connectivity index (χ0) is 16.5. The number of aliphatic hydroxyl groups is 3. The lowest BCUT2D eigenvalue weighted by atomic mass is 9.90. The van der Waals surface area contributed by atoms with Gasteiger partial charge in [-0.3, -0.25) is 9.69 Å². The SMILES string of the molecule is CC(C)(C)C(=O)N1CCC(CN2CC(O)C(O)C(O)C2)CC1. The minimum atomic E-state index is -1.04. The molecule has 2 aliphatic rings. The largest absolute Gasteiger partial charge is 0.389 e. The molecular formula is C16H30N2O4. The van der Waals surface area contributed by atoms with Crippen LogP contribution in [0.25, 0.3) is 0 Å². The van der Waals surface area contributed by atoms with Crippen molar-refractivity contribution < 1.29 is 20.1 Å². The maximum Gasteiger partial charge on any atom is 0.227 e. The van der Waals surface area contributed by atoms with Gasteiger partial charge in [0.2, 0.25) is 5.91 Å². The van der Waals surface area contributed by atoms with E-state index in [1.807, 2.05) is 30.6 Å². The van der Waals surface area contributed by atoms with Crippen LogP contribution in [0.3, 0.4) is 0 Å². The summed E-state index contributed by atoms with van der Waals surface area (Å²) in [7, 11) is 0. The van der Waals surface area contributed by atoms with Crippen LogP contribution in [0.2, 0.25) is 0 Å². The topological polar surface area (TPSA) is 84.2 Å². The molecule has 0 saturated carbocycles. The van der Waals surface area contributed by atoms with Crippen molar-refractivity contribution in [1.29, 1.82) is 0 Å². The Labute approximate surface area is 132 Å². The second-order valence-corrected chi connectivity index (χ2v) is 7.83. The molecule has 2 unspecified atom stereocenters. The number of nitrogens with zero attached hydrogens (tertiary/aromatic N) is 2. The predicted octanol–water partition coefficient (Wildman–Crippen LogP) is -0.331. The molecule has 1 amide bonds. The monoisotopic (exact) mass is 314 g/mol. The third-order valence-corrected chi connectivity index (χ3v) is 4.74. The fourth-order valence-corrected chi connectivity index (χ4v) is 3.38. The molecule has 0 spiro atoms. The Morgan fingerprint density at radius 1 is 1.05 bits per heavy atom. The van der Waals surface area contributed by atoms with Gasteiger partial charge < -0.3 is 20.2 Å². The number of carbonyl (C=O) groups excluding carboxylic acids is 1. The summed E-state index contributed by atoms with van der Waals surface area (Å²) in [5.74, 6) is 0.677. The van der Waals surface area contributed by atoms with Crippen LogP contribution < -0.4 is 0 Å². The van der Waals surface area contributed by atoms with Crippen LogP contribution >= 0.6 is 0 Å².